The fraction of sp³-hybridized carbons (Fsp3) is 0.304. The summed E-state index contributed by atoms with van der Waals surface area (Å²) in [6.45, 7) is 8.08. The van der Waals surface area contributed by atoms with Crippen molar-refractivity contribution in [3.8, 4) is 11.5 Å². The van der Waals surface area contributed by atoms with E-state index in [1.807, 2.05) is 30.3 Å². The quantitative estimate of drug-likeness (QED) is 0.630. The minimum absolute atomic E-state index is 0.350. The highest BCUT2D eigenvalue weighted by Crippen LogP contribution is 2.29. The summed E-state index contributed by atoms with van der Waals surface area (Å²) < 4.78 is 5.85. The lowest BCUT2D eigenvalue weighted by atomic mass is 9.97. The van der Waals surface area contributed by atoms with E-state index in [1.54, 1.807) is 6.07 Å². The summed E-state index contributed by atoms with van der Waals surface area (Å²) in [5.41, 5.74) is 2.13. The van der Waals surface area contributed by atoms with Crippen molar-refractivity contribution in [3.63, 3.8) is 0 Å². The van der Waals surface area contributed by atoms with Crippen LogP contribution in [0.4, 0.5) is 0 Å². The molecule has 0 saturated carbocycles. The van der Waals surface area contributed by atoms with E-state index in [4.69, 9.17) is 4.74 Å². The van der Waals surface area contributed by atoms with Gasteiger partial charge in [-0.2, -0.15) is 0 Å². The lowest BCUT2D eigenvalue weighted by Gasteiger charge is -2.18. The maximum atomic E-state index is 10.3. The fourth-order valence-corrected chi connectivity index (χ4v) is 3.25. The van der Waals surface area contributed by atoms with Gasteiger partial charge in [-0.25, -0.2) is 0 Å². The van der Waals surface area contributed by atoms with Crippen molar-refractivity contribution in [2.24, 2.45) is 0 Å². The van der Waals surface area contributed by atoms with Crippen LogP contribution >= 0.6 is 0 Å². The summed E-state index contributed by atoms with van der Waals surface area (Å²) in [6, 6.07) is 20.1. The van der Waals surface area contributed by atoms with Gasteiger partial charge in [0, 0.05) is 18.5 Å². The van der Waals surface area contributed by atoms with Crippen molar-refractivity contribution in [2.45, 2.75) is 20.3 Å². The highest BCUT2D eigenvalue weighted by atomic mass is 16.5. The number of benzene rings is 3. The Hall–Kier alpha value is -2.52. The SMILES string of the molecule is CCN(CC)CCOc1ccc(Cc2c(O)ccc3ccccc23)cc1. The number of hydrogen-bond acceptors (Lipinski definition) is 3. The highest BCUT2D eigenvalue weighted by Gasteiger charge is 2.08. The molecule has 0 aliphatic heterocycles. The van der Waals surface area contributed by atoms with Crippen LogP contribution in [-0.2, 0) is 6.42 Å². The highest BCUT2D eigenvalue weighted by molar-refractivity contribution is 5.88. The van der Waals surface area contributed by atoms with Gasteiger partial charge in [0.15, 0.2) is 0 Å². The van der Waals surface area contributed by atoms with E-state index >= 15 is 0 Å². The molecule has 136 valence electrons. The summed E-state index contributed by atoms with van der Waals surface area (Å²) >= 11 is 0. The van der Waals surface area contributed by atoms with Gasteiger partial charge < -0.3 is 14.7 Å². The second-order valence-corrected chi connectivity index (χ2v) is 6.48. The Morgan fingerprint density at radius 3 is 2.35 bits per heavy atom. The first-order valence-corrected chi connectivity index (χ1v) is 9.35. The van der Waals surface area contributed by atoms with Crippen LogP contribution in [0.15, 0.2) is 60.7 Å². The Kier molecular flexibility index (Phi) is 6.13. The normalized spacial score (nSPS) is 11.2. The second-order valence-electron chi connectivity index (χ2n) is 6.48. The summed E-state index contributed by atoms with van der Waals surface area (Å²) in [6.07, 6.45) is 0.701. The lowest BCUT2D eigenvalue weighted by Crippen LogP contribution is -2.27. The Morgan fingerprint density at radius 2 is 1.62 bits per heavy atom. The topological polar surface area (TPSA) is 32.7 Å². The number of hydrogen-bond donors (Lipinski definition) is 1. The van der Waals surface area contributed by atoms with Crippen LogP contribution in [0, 0.1) is 0 Å². The number of likely N-dealkylation sites (N-methyl/N-ethyl adjacent to an activating group) is 1. The molecule has 3 rings (SSSR count). The monoisotopic (exact) mass is 349 g/mol. The molecule has 0 radical (unpaired) electrons. The molecule has 0 amide bonds. The van der Waals surface area contributed by atoms with Crippen molar-refractivity contribution in [1.29, 1.82) is 0 Å². The van der Waals surface area contributed by atoms with Gasteiger partial charge in [-0.15, -0.1) is 0 Å². The molecule has 1 N–H and O–H groups in total. The molecule has 0 bridgehead atoms. The summed E-state index contributed by atoms with van der Waals surface area (Å²) in [5.74, 6) is 1.24. The molecule has 0 fully saturated rings. The van der Waals surface area contributed by atoms with Crippen molar-refractivity contribution in [2.75, 3.05) is 26.2 Å². The molecule has 0 atom stereocenters. The molecule has 0 aliphatic carbocycles. The van der Waals surface area contributed by atoms with Crippen LogP contribution in [0.1, 0.15) is 25.0 Å². The molecule has 0 heterocycles. The van der Waals surface area contributed by atoms with Gasteiger partial charge in [0.05, 0.1) is 0 Å². The minimum Gasteiger partial charge on any atom is -0.508 e. The molecular weight excluding hydrogens is 322 g/mol. The van der Waals surface area contributed by atoms with Crippen LogP contribution in [0.5, 0.6) is 11.5 Å². The molecule has 3 nitrogen and oxygen atoms in total. The molecule has 26 heavy (non-hydrogen) atoms. The summed E-state index contributed by atoms with van der Waals surface area (Å²) in [4.78, 5) is 2.34. The third kappa shape index (κ3) is 4.36. The number of aromatic hydroxyl groups is 1. The van der Waals surface area contributed by atoms with Crippen LogP contribution in [-0.4, -0.2) is 36.2 Å². The average molecular weight is 349 g/mol. The number of rotatable bonds is 8. The van der Waals surface area contributed by atoms with Crippen LogP contribution in [0.3, 0.4) is 0 Å². The Labute approximate surface area is 155 Å². The Bertz CT molecular complexity index is 838. The third-order valence-electron chi connectivity index (χ3n) is 4.89. The van der Waals surface area contributed by atoms with E-state index in [2.05, 4.69) is 43.0 Å². The standard InChI is InChI=1S/C23H27NO2/c1-3-24(4-2)15-16-26-20-12-9-18(10-13-20)17-22-21-8-6-5-7-19(21)11-14-23(22)25/h5-14,25H,3-4,15-17H2,1-2H3. The van der Waals surface area contributed by atoms with Crippen molar-refractivity contribution >= 4 is 10.8 Å². The number of phenolic OH excluding ortho intramolecular Hbond substituents is 1. The predicted molar refractivity (Wildman–Crippen MR) is 108 cm³/mol. The minimum atomic E-state index is 0.350. The Balaban J connectivity index is 1.68. The smallest absolute Gasteiger partial charge is 0.119 e. The lowest BCUT2D eigenvalue weighted by molar-refractivity contribution is 0.223. The van der Waals surface area contributed by atoms with Gasteiger partial charge in [0.2, 0.25) is 0 Å². The first-order chi connectivity index (χ1) is 12.7. The molecule has 3 aromatic rings. The van der Waals surface area contributed by atoms with Crippen LogP contribution in [0.2, 0.25) is 0 Å². The van der Waals surface area contributed by atoms with Gasteiger partial charge in [0.1, 0.15) is 18.1 Å². The van der Waals surface area contributed by atoms with Gasteiger partial charge in [-0.05, 0) is 47.6 Å². The van der Waals surface area contributed by atoms with Crippen molar-refractivity contribution in [3.05, 3.63) is 71.8 Å². The first kappa shape index (κ1) is 18.3. The average Bonchev–Trinajstić information content (AvgIpc) is 2.69. The zero-order valence-electron chi connectivity index (χ0n) is 15.6. The Morgan fingerprint density at radius 1 is 0.885 bits per heavy atom. The van der Waals surface area contributed by atoms with E-state index in [9.17, 15) is 5.11 Å². The van der Waals surface area contributed by atoms with Gasteiger partial charge in [-0.1, -0.05) is 56.3 Å². The van der Waals surface area contributed by atoms with E-state index in [0.717, 1.165) is 47.3 Å². The molecule has 0 saturated heterocycles. The van der Waals surface area contributed by atoms with E-state index in [1.165, 1.54) is 0 Å². The number of nitrogens with zero attached hydrogens (tertiary/aromatic N) is 1. The summed E-state index contributed by atoms with van der Waals surface area (Å²) in [5, 5.41) is 12.6. The van der Waals surface area contributed by atoms with Gasteiger partial charge in [0.25, 0.3) is 0 Å². The van der Waals surface area contributed by atoms with Crippen LogP contribution in [0.25, 0.3) is 10.8 Å². The molecule has 0 spiro atoms. The van der Waals surface area contributed by atoms with Crippen LogP contribution < -0.4 is 4.74 Å². The summed E-state index contributed by atoms with van der Waals surface area (Å²) in [7, 11) is 0. The predicted octanol–water partition coefficient (Wildman–Crippen LogP) is 4.86. The van der Waals surface area contributed by atoms with E-state index in [-0.39, 0.29) is 0 Å². The fourth-order valence-electron chi connectivity index (χ4n) is 3.25. The molecule has 0 aliphatic rings. The second kappa shape index (κ2) is 8.72. The maximum absolute atomic E-state index is 10.3. The van der Waals surface area contributed by atoms with Gasteiger partial charge in [-0.3, -0.25) is 0 Å². The van der Waals surface area contributed by atoms with E-state index < -0.39 is 0 Å². The third-order valence-corrected chi connectivity index (χ3v) is 4.89. The largest absolute Gasteiger partial charge is 0.508 e. The molecule has 3 heteroatoms. The number of fused-ring (bicyclic) bond motifs is 1. The number of ether oxygens (including phenoxy) is 1. The van der Waals surface area contributed by atoms with Gasteiger partial charge >= 0.3 is 0 Å². The molecular formula is C23H27NO2. The zero-order chi connectivity index (χ0) is 18.4. The maximum Gasteiger partial charge on any atom is 0.119 e. The van der Waals surface area contributed by atoms with Crippen molar-refractivity contribution in [1.82, 2.24) is 4.90 Å². The molecule has 0 aromatic heterocycles. The first-order valence-electron chi connectivity index (χ1n) is 9.35. The zero-order valence-corrected chi connectivity index (χ0v) is 15.6. The molecule has 0 unspecified atom stereocenters. The van der Waals surface area contributed by atoms with E-state index in [0.29, 0.717) is 18.8 Å². The molecule has 3 aromatic carbocycles. The van der Waals surface area contributed by atoms with Crippen molar-refractivity contribution < 1.29 is 9.84 Å². The number of phenols is 1.